The molecular formula is C21H19N7O2. The van der Waals surface area contributed by atoms with E-state index in [1.807, 2.05) is 50.2 Å². The van der Waals surface area contributed by atoms with Gasteiger partial charge in [0.05, 0.1) is 5.52 Å². The second-order valence-electron chi connectivity index (χ2n) is 6.70. The summed E-state index contributed by atoms with van der Waals surface area (Å²) < 4.78 is 0. The third-order valence-electron chi connectivity index (χ3n) is 4.46. The largest absolute Gasteiger partial charge is 0.337 e. The molecule has 0 unspecified atom stereocenters. The van der Waals surface area contributed by atoms with Gasteiger partial charge in [0.25, 0.3) is 5.91 Å². The van der Waals surface area contributed by atoms with Crippen molar-refractivity contribution in [2.24, 2.45) is 0 Å². The van der Waals surface area contributed by atoms with Crippen LogP contribution in [0.5, 0.6) is 0 Å². The van der Waals surface area contributed by atoms with Gasteiger partial charge in [0, 0.05) is 16.6 Å². The van der Waals surface area contributed by atoms with Crippen LogP contribution in [0.4, 0.5) is 10.5 Å². The number of hydrogen-bond acceptors (Lipinski definition) is 5. The third-order valence-corrected chi connectivity index (χ3v) is 4.46. The van der Waals surface area contributed by atoms with Gasteiger partial charge in [-0.25, -0.2) is 20.2 Å². The molecule has 0 bridgehead atoms. The van der Waals surface area contributed by atoms with E-state index in [0.717, 1.165) is 16.5 Å². The van der Waals surface area contributed by atoms with Crippen molar-refractivity contribution in [3.63, 3.8) is 0 Å². The van der Waals surface area contributed by atoms with Crippen LogP contribution in [0.25, 0.3) is 22.3 Å². The van der Waals surface area contributed by atoms with E-state index in [0.29, 0.717) is 22.9 Å². The molecule has 9 nitrogen and oxygen atoms in total. The number of aryl methyl sites for hydroxylation is 2. The minimum Gasteiger partial charge on any atom is -0.306 e. The normalized spacial score (nSPS) is 10.6. The average molecular weight is 401 g/mol. The maximum Gasteiger partial charge on any atom is 0.337 e. The Balaban J connectivity index is 1.41. The van der Waals surface area contributed by atoms with Crippen molar-refractivity contribution in [1.82, 2.24) is 31.0 Å². The zero-order chi connectivity index (χ0) is 21.1. The lowest BCUT2D eigenvalue weighted by molar-refractivity contribution is 0.0933. The lowest BCUT2D eigenvalue weighted by atomic mass is 10.1. The Morgan fingerprint density at radius 2 is 1.77 bits per heavy atom. The van der Waals surface area contributed by atoms with Crippen LogP contribution < -0.4 is 16.2 Å². The number of nitrogens with zero attached hydrogens (tertiary/aromatic N) is 3. The van der Waals surface area contributed by atoms with Crippen LogP contribution in [0.2, 0.25) is 0 Å². The van der Waals surface area contributed by atoms with Crippen molar-refractivity contribution in [2.75, 3.05) is 5.32 Å². The van der Waals surface area contributed by atoms with Crippen LogP contribution in [0.3, 0.4) is 0 Å². The summed E-state index contributed by atoms with van der Waals surface area (Å²) in [7, 11) is 0. The number of rotatable bonds is 3. The molecule has 2 aromatic heterocycles. The van der Waals surface area contributed by atoms with Gasteiger partial charge in [-0.2, -0.15) is 5.10 Å². The zero-order valence-electron chi connectivity index (χ0n) is 16.4. The average Bonchev–Trinajstić information content (AvgIpc) is 3.19. The maximum absolute atomic E-state index is 12.3. The van der Waals surface area contributed by atoms with Crippen molar-refractivity contribution in [2.45, 2.75) is 13.8 Å². The molecule has 0 saturated heterocycles. The number of nitrogens with one attached hydrogen (secondary N) is 4. The van der Waals surface area contributed by atoms with E-state index >= 15 is 0 Å². The molecule has 0 atom stereocenters. The number of hydrogen-bond donors (Lipinski definition) is 4. The number of carbonyl (C=O) groups is 2. The van der Waals surface area contributed by atoms with Gasteiger partial charge in [0.1, 0.15) is 11.5 Å². The quantitative estimate of drug-likeness (QED) is 0.393. The predicted molar refractivity (Wildman–Crippen MR) is 113 cm³/mol. The summed E-state index contributed by atoms with van der Waals surface area (Å²) in [5.41, 5.74) is 7.78. The highest BCUT2D eigenvalue weighted by Gasteiger charge is 2.12. The van der Waals surface area contributed by atoms with E-state index < -0.39 is 11.9 Å². The highest BCUT2D eigenvalue weighted by atomic mass is 16.2. The van der Waals surface area contributed by atoms with E-state index in [-0.39, 0.29) is 5.69 Å². The molecule has 0 saturated carbocycles. The lowest BCUT2D eigenvalue weighted by Crippen LogP contribution is -2.44. The SMILES string of the molecule is Cc1nc(-c2ccc(C)c(NC(=O)NNC(=O)c3ccc4ccccc4n3)c2)n[nH]1. The monoisotopic (exact) mass is 401 g/mol. The van der Waals surface area contributed by atoms with Crippen molar-refractivity contribution in [3.8, 4) is 11.4 Å². The lowest BCUT2D eigenvalue weighted by Gasteiger charge is -2.11. The van der Waals surface area contributed by atoms with Gasteiger partial charge >= 0.3 is 6.03 Å². The minimum atomic E-state index is -0.587. The Hall–Kier alpha value is -4.27. The topological polar surface area (TPSA) is 125 Å². The molecule has 3 amide bonds. The first-order chi connectivity index (χ1) is 14.5. The van der Waals surface area contributed by atoms with Gasteiger partial charge in [-0.3, -0.25) is 15.3 Å². The number of benzene rings is 2. The Kier molecular flexibility index (Phi) is 5.08. The number of urea groups is 1. The molecule has 2 aromatic carbocycles. The molecule has 0 aliphatic carbocycles. The minimum absolute atomic E-state index is 0.201. The summed E-state index contributed by atoms with van der Waals surface area (Å²) in [5.74, 6) is 0.715. The van der Waals surface area contributed by atoms with E-state index in [9.17, 15) is 9.59 Å². The van der Waals surface area contributed by atoms with E-state index in [4.69, 9.17) is 0 Å². The summed E-state index contributed by atoms with van der Waals surface area (Å²) >= 11 is 0. The molecular weight excluding hydrogens is 382 g/mol. The van der Waals surface area contributed by atoms with Gasteiger partial charge in [0.15, 0.2) is 5.82 Å². The van der Waals surface area contributed by atoms with Crippen LogP contribution >= 0.6 is 0 Å². The van der Waals surface area contributed by atoms with Crippen LogP contribution in [0.15, 0.2) is 54.6 Å². The fourth-order valence-corrected chi connectivity index (χ4v) is 2.89. The van der Waals surface area contributed by atoms with E-state index in [1.165, 1.54) is 0 Å². The van der Waals surface area contributed by atoms with Gasteiger partial charge in [0.2, 0.25) is 0 Å². The number of amides is 3. The molecule has 0 spiro atoms. The molecule has 0 fully saturated rings. The number of aromatic nitrogens is 4. The van der Waals surface area contributed by atoms with Gasteiger partial charge < -0.3 is 5.32 Å². The molecule has 4 N–H and O–H groups in total. The molecule has 0 aliphatic heterocycles. The van der Waals surface area contributed by atoms with Crippen molar-refractivity contribution < 1.29 is 9.59 Å². The van der Waals surface area contributed by atoms with Crippen LogP contribution in [0.1, 0.15) is 21.9 Å². The number of H-pyrrole nitrogens is 1. The number of anilines is 1. The van der Waals surface area contributed by atoms with Crippen LogP contribution in [-0.4, -0.2) is 32.1 Å². The first-order valence-corrected chi connectivity index (χ1v) is 9.23. The smallest absolute Gasteiger partial charge is 0.306 e. The van der Waals surface area contributed by atoms with Gasteiger partial charge in [-0.1, -0.05) is 36.4 Å². The number of pyridine rings is 1. The first kappa shape index (κ1) is 19.1. The third kappa shape index (κ3) is 4.09. The second kappa shape index (κ2) is 8.00. The van der Waals surface area contributed by atoms with Gasteiger partial charge in [-0.05, 0) is 37.6 Å². The molecule has 0 radical (unpaired) electrons. The summed E-state index contributed by atoms with van der Waals surface area (Å²) in [6, 6.07) is 15.8. The first-order valence-electron chi connectivity index (χ1n) is 9.23. The zero-order valence-corrected chi connectivity index (χ0v) is 16.4. The Labute approximate surface area is 171 Å². The Bertz CT molecular complexity index is 1250. The fraction of sp³-hybridized carbons (Fsp3) is 0.0952. The summed E-state index contributed by atoms with van der Waals surface area (Å²) in [6.07, 6.45) is 0. The number of para-hydroxylation sites is 1. The molecule has 150 valence electrons. The predicted octanol–water partition coefficient (Wildman–Crippen LogP) is 3.10. The number of carbonyl (C=O) groups excluding carboxylic acids is 2. The Morgan fingerprint density at radius 1 is 0.933 bits per heavy atom. The highest BCUT2D eigenvalue weighted by molar-refractivity contribution is 5.97. The van der Waals surface area contributed by atoms with Crippen molar-refractivity contribution >= 4 is 28.5 Å². The van der Waals surface area contributed by atoms with Crippen molar-refractivity contribution in [1.29, 1.82) is 0 Å². The van der Waals surface area contributed by atoms with E-state index in [2.05, 4.69) is 36.3 Å². The van der Waals surface area contributed by atoms with Gasteiger partial charge in [-0.15, -0.1) is 0 Å². The molecule has 30 heavy (non-hydrogen) atoms. The van der Waals surface area contributed by atoms with Crippen LogP contribution in [0, 0.1) is 13.8 Å². The summed E-state index contributed by atoms with van der Waals surface area (Å²) in [4.78, 5) is 33.2. The number of fused-ring (bicyclic) bond motifs is 1. The molecule has 4 aromatic rings. The standard InChI is InChI=1S/C21H19N7O2/c1-12-7-8-15(19-22-13(2)25-26-19)11-18(12)24-21(30)28-27-20(29)17-10-9-14-5-3-4-6-16(14)23-17/h3-11H,1-2H3,(H,27,29)(H,22,25,26)(H2,24,28,30). The second-order valence-corrected chi connectivity index (χ2v) is 6.70. The molecule has 0 aliphatic rings. The van der Waals surface area contributed by atoms with E-state index in [1.54, 1.807) is 18.2 Å². The highest BCUT2D eigenvalue weighted by Crippen LogP contribution is 2.23. The summed E-state index contributed by atoms with van der Waals surface area (Å²) in [5, 5.41) is 10.5. The summed E-state index contributed by atoms with van der Waals surface area (Å²) in [6.45, 7) is 3.67. The fourth-order valence-electron chi connectivity index (χ4n) is 2.89. The molecule has 9 heteroatoms. The molecule has 2 heterocycles. The van der Waals surface area contributed by atoms with Crippen LogP contribution in [-0.2, 0) is 0 Å². The maximum atomic E-state index is 12.3. The Morgan fingerprint density at radius 3 is 2.57 bits per heavy atom. The van der Waals surface area contributed by atoms with Crippen molar-refractivity contribution in [3.05, 3.63) is 71.7 Å². The number of aromatic amines is 1. The molecule has 4 rings (SSSR count). The number of hydrazine groups is 1.